The van der Waals surface area contributed by atoms with Gasteiger partial charge >= 0.3 is 0 Å². The van der Waals surface area contributed by atoms with Crippen molar-refractivity contribution in [2.75, 3.05) is 0 Å². The van der Waals surface area contributed by atoms with Gasteiger partial charge in [0, 0.05) is 6.42 Å². The van der Waals surface area contributed by atoms with Gasteiger partial charge in [-0.3, -0.25) is 19.8 Å². The average molecular weight is 328 g/mol. The number of carbonyl (C=O) groups excluding carboxylic acids is 3. The lowest BCUT2D eigenvalue weighted by Gasteiger charge is -2.21. The Morgan fingerprint density at radius 1 is 0.917 bits per heavy atom. The smallest absolute Gasteiger partial charge is 0.283 e. The van der Waals surface area contributed by atoms with E-state index in [1.54, 1.807) is 0 Å². The maximum absolute atomic E-state index is 12.5. The Labute approximate surface area is 138 Å². The molecule has 0 aliphatic rings. The highest BCUT2D eigenvalue weighted by Gasteiger charge is 2.26. The van der Waals surface area contributed by atoms with Crippen molar-refractivity contribution in [3.63, 3.8) is 0 Å². The number of hydrogen-bond donors (Lipinski definition) is 3. The van der Waals surface area contributed by atoms with Gasteiger partial charge in [0.05, 0.1) is 11.1 Å². The van der Waals surface area contributed by atoms with Gasteiger partial charge in [-0.2, -0.15) is 5.01 Å². The molecule has 0 radical (unpaired) electrons. The number of nitrogens with zero attached hydrogens (tertiary/aromatic N) is 1. The van der Waals surface area contributed by atoms with E-state index in [0.717, 1.165) is 0 Å². The highest BCUT2D eigenvalue weighted by Crippen LogP contribution is 2.19. The number of benzene rings is 2. The third-order valence-electron chi connectivity index (χ3n) is 3.25. The van der Waals surface area contributed by atoms with E-state index < -0.39 is 17.7 Å². The summed E-state index contributed by atoms with van der Waals surface area (Å²) in [6.07, 6.45) is -0.0413. The number of rotatable bonds is 3. The molecule has 0 heterocycles. The van der Waals surface area contributed by atoms with E-state index in [9.17, 15) is 24.6 Å². The molecule has 124 valence electrons. The summed E-state index contributed by atoms with van der Waals surface area (Å²) in [5, 5.41) is 20.0. The monoisotopic (exact) mass is 328 g/mol. The number of hydrogen-bond acceptors (Lipinski definition) is 5. The van der Waals surface area contributed by atoms with Crippen LogP contribution in [0.25, 0.3) is 0 Å². The van der Waals surface area contributed by atoms with Crippen LogP contribution in [0.3, 0.4) is 0 Å². The number of para-hydroxylation sites is 2. The van der Waals surface area contributed by atoms with Gasteiger partial charge in [0.25, 0.3) is 11.8 Å². The van der Waals surface area contributed by atoms with Crippen molar-refractivity contribution in [3.05, 3.63) is 59.7 Å². The summed E-state index contributed by atoms with van der Waals surface area (Å²) in [4.78, 5) is 36.8. The zero-order valence-electron chi connectivity index (χ0n) is 12.9. The second-order valence-electron chi connectivity index (χ2n) is 4.86. The van der Waals surface area contributed by atoms with Crippen LogP contribution in [0.1, 0.15) is 34.1 Å². The number of hydrazine groups is 1. The molecule has 0 spiro atoms. The summed E-state index contributed by atoms with van der Waals surface area (Å²) in [6, 6.07) is 11.4. The minimum atomic E-state index is -0.872. The van der Waals surface area contributed by atoms with Crippen molar-refractivity contribution in [1.82, 2.24) is 10.4 Å². The van der Waals surface area contributed by atoms with E-state index in [-0.39, 0.29) is 29.0 Å². The van der Waals surface area contributed by atoms with Crippen LogP contribution in [-0.4, -0.2) is 32.9 Å². The van der Waals surface area contributed by atoms with Crippen LogP contribution < -0.4 is 5.43 Å². The number of phenolic OH excluding ortho intramolecular Hbond substituents is 2. The van der Waals surface area contributed by atoms with Crippen molar-refractivity contribution >= 4 is 17.7 Å². The SMILES string of the molecule is CCC(=O)N(NC(=O)c1ccccc1O)C(=O)c1ccccc1O. The Morgan fingerprint density at radius 3 is 1.92 bits per heavy atom. The summed E-state index contributed by atoms with van der Waals surface area (Å²) in [5.74, 6) is -2.95. The fourth-order valence-electron chi connectivity index (χ4n) is 1.99. The van der Waals surface area contributed by atoms with Crippen molar-refractivity contribution in [3.8, 4) is 11.5 Å². The van der Waals surface area contributed by atoms with Crippen molar-refractivity contribution in [1.29, 1.82) is 0 Å². The van der Waals surface area contributed by atoms with Crippen LogP contribution >= 0.6 is 0 Å². The lowest BCUT2D eigenvalue weighted by atomic mass is 10.1. The molecule has 7 nitrogen and oxygen atoms in total. The maximum atomic E-state index is 12.5. The summed E-state index contributed by atoms with van der Waals surface area (Å²) < 4.78 is 0. The van der Waals surface area contributed by atoms with Crippen LogP contribution in [-0.2, 0) is 4.79 Å². The molecule has 0 fully saturated rings. The standard InChI is InChI=1S/C17H16N2O5/c1-2-15(22)19(17(24)12-8-4-6-10-14(12)21)18-16(23)11-7-3-5-9-13(11)20/h3-10,20-21H,2H2,1H3,(H,18,23). The normalized spacial score (nSPS) is 10.0. The molecular formula is C17H16N2O5. The van der Waals surface area contributed by atoms with Crippen LogP contribution in [0.4, 0.5) is 0 Å². The van der Waals surface area contributed by atoms with E-state index in [2.05, 4.69) is 5.43 Å². The molecule has 0 atom stereocenters. The zero-order valence-corrected chi connectivity index (χ0v) is 12.9. The Bertz CT molecular complexity index is 788. The van der Waals surface area contributed by atoms with E-state index in [1.807, 2.05) is 0 Å². The summed E-state index contributed by atoms with van der Waals surface area (Å²) in [6.45, 7) is 1.53. The number of aromatic hydroxyl groups is 2. The highest BCUT2D eigenvalue weighted by molar-refractivity contribution is 6.08. The topological polar surface area (TPSA) is 107 Å². The molecule has 0 saturated heterocycles. The lowest BCUT2D eigenvalue weighted by Crippen LogP contribution is -2.49. The molecule has 2 aromatic carbocycles. The first kappa shape index (κ1) is 17.0. The Balaban J connectivity index is 2.31. The minimum Gasteiger partial charge on any atom is -0.507 e. The van der Waals surface area contributed by atoms with E-state index >= 15 is 0 Å². The van der Waals surface area contributed by atoms with Gasteiger partial charge in [0.2, 0.25) is 5.91 Å². The van der Waals surface area contributed by atoms with Crippen LogP contribution in [0.2, 0.25) is 0 Å². The first-order chi connectivity index (χ1) is 11.5. The van der Waals surface area contributed by atoms with Gasteiger partial charge in [-0.15, -0.1) is 0 Å². The fourth-order valence-corrected chi connectivity index (χ4v) is 1.99. The number of carbonyl (C=O) groups is 3. The van der Waals surface area contributed by atoms with Gasteiger partial charge in [0.15, 0.2) is 0 Å². The Kier molecular flexibility index (Phi) is 5.16. The maximum Gasteiger partial charge on any atom is 0.283 e. The third-order valence-corrected chi connectivity index (χ3v) is 3.25. The van der Waals surface area contributed by atoms with Crippen LogP contribution in [0.5, 0.6) is 11.5 Å². The van der Waals surface area contributed by atoms with E-state index in [4.69, 9.17) is 0 Å². The first-order valence-electron chi connectivity index (χ1n) is 7.20. The van der Waals surface area contributed by atoms with Gasteiger partial charge < -0.3 is 10.2 Å². The van der Waals surface area contributed by atoms with Gasteiger partial charge in [-0.1, -0.05) is 31.2 Å². The van der Waals surface area contributed by atoms with Crippen LogP contribution in [0.15, 0.2) is 48.5 Å². The third kappa shape index (κ3) is 3.52. The molecule has 0 aromatic heterocycles. The van der Waals surface area contributed by atoms with Crippen molar-refractivity contribution in [2.45, 2.75) is 13.3 Å². The molecule has 24 heavy (non-hydrogen) atoms. The lowest BCUT2D eigenvalue weighted by molar-refractivity contribution is -0.130. The summed E-state index contributed by atoms with van der Waals surface area (Å²) >= 11 is 0. The van der Waals surface area contributed by atoms with Crippen LogP contribution in [0, 0.1) is 0 Å². The molecule has 0 unspecified atom stereocenters. The molecule has 2 rings (SSSR count). The molecule has 0 aliphatic carbocycles. The van der Waals surface area contributed by atoms with Gasteiger partial charge in [-0.25, -0.2) is 0 Å². The molecule has 3 N–H and O–H groups in total. The summed E-state index contributed by atoms with van der Waals surface area (Å²) in [5.41, 5.74) is 1.96. The number of phenols is 2. The minimum absolute atomic E-state index is 0.0413. The molecule has 7 heteroatoms. The van der Waals surface area contributed by atoms with E-state index in [0.29, 0.717) is 5.01 Å². The van der Waals surface area contributed by atoms with E-state index in [1.165, 1.54) is 55.5 Å². The Hall–Kier alpha value is -3.35. The highest BCUT2D eigenvalue weighted by atomic mass is 16.3. The molecule has 0 aliphatic heterocycles. The van der Waals surface area contributed by atoms with Gasteiger partial charge in [0.1, 0.15) is 11.5 Å². The predicted octanol–water partition coefficient (Wildman–Crippen LogP) is 1.82. The second-order valence-corrected chi connectivity index (χ2v) is 4.86. The Morgan fingerprint density at radius 2 is 1.42 bits per heavy atom. The summed E-state index contributed by atoms with van der Waals surface area (Å²) in [7, 11) is 0. The number of imide groups is 1. The zero-order chi connectivity index (χ0) is 17.7. The van der Waals surface area contributed by atoms with Crippen molar-refractivity contribution in [2.24, 2.45) is 0 Å². The molecule has 2 aromatic rings. The molecule has 3 amide bonds. The molecule has 0 saturated carbocycles. The second kappa shape index (κ2) is 7.28. The molecular weight excluding hydrogens is 312 g/mol. The first-order valence-corrected chi connectivity index (χ1v) is 7.20. The predicted molar refractivity (Wildman–Crippen MR) is 85.1 cm³/mol. The number of amides is 3. The average Bonchev–Trinajstić information content (AvgIpc) is 2.59. The quantitative estimate of drug-likeness (QED) is 0.745. The molecule has 0 bridgehead atoms. The van der Waals surface area contributed by atoms with Gasteiger partial charge in [-0.05, 0) is 24.3 Å². The fraction of sp³-hybridized carbons (Fsp3) is 0.118. The largest absolute Gasteiger partial charge is 0.507 e. The number of nitrogens with one attached hydrogen (secondary N) is 1. The van der Waals surface area contributed by atoms with Crippen molar-refractivity contribution < 1.29 is 24.6 Å².